The molecule has 1 aromatic heterocycles. The molecule has 1 heterocycles. The molecule has 0 fully saturated rings. The second-order valence-electron chi connectivity index (χ2n) is 3.11. The molecule has 0 radical (unpaired) electrons. The van der Waals surface area contributed by atoms with Gasteiger partial charge in [-0.2, -0.15) is 13.2 Å². The summed E-state index contributed by atoms with van der Waals surface area (Å²) in [7, 11) is 1.69. The van der Waals surface area contributed by atoms with Crippen LogP contribution < -0.4 is 5.32 Å². The fourth-order valence-corrected chi connectivity index (χ4v) is 2.63. The lowest BCUT2D eigenvalue weighted by Crippen LogP contribution is -2.25. The SMILES string of the molecule is CNC(COCC(F)(F)F)c1ccc(Br)s1. The van der Waals surface area contributed by atoms with Crippen LogP contribution in [-0.2, 0) is 4.74 Å². The highest BCUT2D eigenvalue weighted by atomic mass is 79.9. The van der Waals surface area contributed by atoms with Gasteiger partial charge in [-0.1, -0.05) is 0 Å². The van der Waals surface area contributed by atoms with E-state index in [-0.39, 0.29) is 12.6 Å². The number of hydrogen-bond acceptors (Lipinski definition) is 3. The lowest BCUT2D eigenvalue weighted by Gasteiger charge is -2.15. The standard InChI is InChI=1S/C9H11BrF3NOS/c1-14-6(4-15-5-9(11,12)13)7-2-3-8(10)16-7/h2-3,6,14H,4-5H2,1H3. The number of alkyl halides is 3. The molecule has 1 rings (SSSR count). The maximum absolute atomic E-state index is 11.9. The lowest BCUT2D eigenvalue weighted by molar-refractivity contribution is -0.175. The van der Waals surface area contributed by atoms with E-state index >= 15 is 0 Å². The third-order valence-corrected chi connectivity index (χ3v) is 3.57. The van der Waals surface area contributed by atoms with Crippen molar-refractivity contribution in [2.75, 3.05) is 20.3 Å². The summed E-state index contributed by atoms with van der Waals surface area (Å²) in [5.74, 6) is 0. The Balaban J connectivity index is 2.44. The van der Waals surface area contributed by atoms with Gasteiger partial charge in [0, 0.05) is 4.88 Å². The van der Waals surface area contributed by atoms with E-state index in [1.54, 1.807) is 7.05 Å². The second-order valence-corrected chi connectivity index (χ2v) is 5.61. The molecule has 0 aliphatic heterocycles. The van der Waals surface area contributed by atoms with Gasteiger partial charge >= 0.3 is 6.18 Å². The smallest absolute Gasteiger partial charge is 0.370 e. The molecule has 0 saturated carbocycles. The van der Waals surface area contributed by atoms with E-state index in [0.717, 1.165) is 8.66 Å². The van der Waals surface area contributed by atoms with Gasteiger partial charge in [0.05, 0.1) is 16.4 Å². The Morgan fingerprint density at radius 1 is 1.50 bits per heavy atom. The molecular weight excluding hydrogens is 307 g/mol. The zero-order valence-electron chi connectivity index (χ0n) is 8.47. The van der Waals surface area contributed by atoms with E-state index in [0.29, 0.717) is 0 Å². The summed E-state index contributed by atoms with van der Waals surface area (Å²) in [4.78, 5) is 0.941. The molecule has 0 bridgehead atoms. The quantitative estimate of drug-likeness (QED) is 0.899. The number of nitrogens with one attached hydrogen (secondary N) is 1. The highest BCUT2D eigenvalue weighted by Gasteiger charge is 2.28. The molecule has 1 atom stereocenters. The number of rotatable bonds is 5. The van der Waals surface area contributed by atoms with Crippen molar-refractivity contribution >= 4 is 27.3 Å². The normalized spacial score (nSPS) is 14.1. The van der Waals surface area contributed by atoms with Gasteiger partial charge < -0.3 is 10.1 Å². The molecule has 0 spiro atoms. The fraction of sp³-hybridized carbons (Fsp3) is 0.556. The molecule has 2 nitrogen and oxygen atoms in total. The number of thiophene rings is 1. The first kappa shape index (κ1) is 14.0. The summed E-state index contributed by atoms with van der Waals surface area (Å²) in [6, 6.07) is 3.50. The Morgan fingerprint density at radius 3 is 2.62 bits per heavy atom. The second kappa shape index (κ2) is 6.00. The Kier molecular flexibility index (Phi) is 5.23. The van der Waals surface area contributed by atoms with Gasteiger partial charge in [0.15, 0.2) is 0 Å². The van der Waals surface area contributed by atoms with Crippen LogP contribution in [0.25, 0.3) is 0 Å². The maximum Gasteiger partial charge on any atom is 0.411 e. The fourth-order valence-electron chi connectivity index (χ4n) is 1.12. The predicted molar refractivity (Wildman–Crippen MR) is 60.7 cm³/mol. The van der Waals surface area contributed by atoms with Gasteiger partial charge in [-0.25, -0.2) is 0 Å². The van der Waals surface area contributed by atoms with Gasteiger partial charge in [0.1, 0.15) is 6.61 Å². The molecule has 0 aliphatic rings. The van der Waals surface area contributed by atoms with Crippen LogP contribution in [0.5, 0.6) is 0 Å². The van der Waals surface area contributed by atoms with Crippen LogP contribution in [0.1, 0.15) is 10.9 Å². The molecule has 0 saturated heterocycles. The summed E-state index contributed by atoms with van der Waals surface area (Å²) in [6.45, 7) is -1.21. The van der Waals surface area contributed by atoms with Crippen LogP contribution in [0.15, 0.2) is 15.9 Å². The van der Waals surface area contributed by atoms with Crippen LogP contribution in [0.4, 0.5) is 13.2 Å². The van der Waals surface area contributed by atoms with Crippen molar-refractivity contribution in [3.05, 3.63) is 20.8 Å². The van der Waals surface area contributed by atoms with Crippen LogP contribution in [0, 0.1) is 0 Å². The van der Waals surface area contributed by atoms with Gasteiger partial charge in [-0.3, -0.25) is 0 Å². The van der Waals surface area contributed by atoms with Gasteiger partial charge in [0.2, 0.25) is 0 Å². The first-order valence-electron chi connectivity index (χ1n) is 4.49. The Bertz CT molecular complexity index is 329. The molecule has 1 aromatic rings. The van der Waals surface area contributed by atoms with Crippen LogP contribution >= 0.6 is 27.3 Å². The monoisotopic (exact) mass is 317 g/mol. The van der Waals surface area contributed by atoms with Crippen molar-refractivity contribution in [2.45, 2.75) is 12.2 Å². The summed E-state index contributed by atoms with van der Waals surface area (Å²) >= 11 is 4.77. The van der Waals surface area contributed by atoms with Crippen molar-refractivity contribution in [3.8, 4) is 0 Å². The largest absolute Gasteiger partial charge is 0.411 e. The maximum atomic E-state index is 11.9. The topological polar surface area (TPSA) is 21.3 Å². The van der Waals surface area contributed by atoms with E-state index in [1.807, 2.05) is 12.1 Å². The van der Waals surface area contributed by atoms with Gasteiger partial charge in [0.25, 0.3) is 0 Å². The molecular formula is C9H11BrF3NOS. The van der Waals surface area contributed by atoms with Crippen LogP contribution in [-0.4, -0.2) is 26.4 Å². The van der Waals surface area contributed by atoms with E-state index < -0.39 is 12.8 Å². The van der Waals surface area contributed by atoms with E-state index in [4.69, 9.17) is 0 Å². The van der Waals surface area contributed by atoms with E-state index in [2.05, 4.69) is 26.0 Å². The predicted octanol–water partition coefficient (Wildman–Crippen LogP) is 3.35. The first-order valence-corrected chi connectivity index (χ1v) is 6.10. The van der Waals surface area contributed by atoms with Crippen molar-refractivity contribution in [3.63, 3.8) is 0 Å². The summed E-state index contributed by atoms with van der Waals surface area (Å²) in [5.41, 5.74) is 0. The van der Waals surface area contributed by atoms with Crippen LogP contribution in [0.2, 0.25) is 0 Å². The molecule has 0 aliphatic carbocycles. The summed E-state index contributed by atoms with van der Waals surface area (Å²) in [6.07, 6.45) is -4.27. The molecule has 16 heavy (non-hydrogen) atoms. The van der Waals surface area contributed by atoms with Crippen molar-refractivity contribution in [2.24, 2.45) is 0 Å². The Labute approximate surface area is 104 Å². The zero-order valence-corrected chi connectivity index (χ0v) is 10.9. The van der Waals surface area contributed by atoms with Crippen molar-refractivity contribution in [1.29, 1.82) is 0 Å². The molecule has 1 N–H and O–H groups in total. The number of likely N-dealkylation sites (N-methyl/N-ethyl adjacent to an activating group) is 1. The summed E-state index contributed by atoms with van der Waals surface area (Å²) < 4.78 is 41.2. The Morgan fingerprint density at radius 2 is 2.19 bits per heavy atom. The zero-order chi connectivity index (χ0) is 12.2. The molecule has 7 heteroatoms. The molecule has 0 amide bonds. The summed E-state index contributed by atoms with van der Waals surface area (Å²) in [5, 5.41) is 2.92. The lowest BCUT2D eigenvalue weighted by atomic mass is 10.2. The average Bonchev–Trinajstić information content (AvgIpc) is 2.58. The van der Waals surface area contributed by atoms with E-state index in [9.17, 15) is 13.2 Å². The van der Waals surface area contributed by atoms with Crippen molar-refractivity contribution < 1.29 is 17.9 Å². The minimum atomic E-state index is -4.27. The average molecular weight is 318 g/mol. The number of halogens is 4. The third-order valence-electron chi connectivity index (χ3n) is 1.84. The van der Waals surface area contributed by atoms with Crippen molar-refractivity contribution in [1.82, 2.24) is 5.32 Å². The molecule has 92 valence electrons. The van der Waals surface area contributed by atoms with E-state index in [1.165, 1.54) is 11.3 Å². The minimum absolute atomic E-state index is 0.00294. The van der Waals surface area contributed by atoms with Crippen LogP contribution in [0.3, 0.4) is 0 Å². The minimum Gasteiger partial charge on any atom is -0.370 e. The third kappa shape index (κ3) is 4.82. The number of hydrogen-bond donors (Lipinski definition) is 1. The molecule has 1 unspecified atom stereocenters. The van der Waals surface area contributed by atoms with Gasteiger partial charge in [-0.05, 0) is 35.1 Å². The number of ether oxygens (including phenoxy) is 1. The first-order chi connectivity index (χ1) is 7.42. The highest BCUT2D eigenvalue weighted by Crippen LogP contribution is 2.27. The Hall–Kier alpha value is -0.110. The van der Waals surface area contributed by atoms with Gasteiger partial charge in [-0.15, -0.1) is 11.3 Å². The highest BCUT2D eigenvalue weighted by molar-refractivity contribution is 9.11. The molecule has 0 aromatic carbocycles.